The lowest BCUT2D eigenvalue weighted by molar-refractivity contribution is -0.239. The molecule has 4 fully saturated rings. The number of carbonyl (C=O) groups is 2. The highest BCUT2D eigenvalue weighted by atomic mass is 16.6. The van der Waals surface area contributed by atoms with Crippen LogP contribution in [-0.4, -0.2) is 22.6 Å². The van der Waals surface area contributed by atoms with E-state index in [1.165, 1.54) is 12.5 Å². The number of carboxylic acid groups (broad SMARTS) is 1. The number of hydrogen-bond acceptors (Lipinski definition) is 3. The molecule has 4 aliphatic rings. The molecule has 0 saturated heterocycles. The zero-order valence-corrected chi connectivity index (χ0v) is 11.5. The van der Waals surface area contributed by atoms with Crippen LogP contribution in [0.4, 0.5) is 0 Å². The predicted molar refractivity (Wildman–Crippen MR) is 70.8 cm³/mol. The van der Waals surface area contributed by atoms with Gasteiger partial charge in [0.05, 0.1) is 5.92 Å². The van der Waals surface area contributed by atoms with Crippen molar-refractivity contribution in [1.29, 1.82) is 0 Å². The van der Waals surface area contributed by atoms with E-state index < -0.39 is 23.5 Å². The Balaban J connectivity index is 1.78. The summed E-state index contributed by atoms with van der Waals surface area (Å²) in [6, 6.07) is 0. The monoisotopic (exact) mass is 276 g/mol. The molecule has 4 bridgehead atoms. The summed E-state index contributed by atoms with van der Waals surface area (Å²) >= 11 is 0. The second kappa shape index (κ2) is 3.66. The molecule has 0 aromatic heterocycles. The molecule has 0 amide bonds. The van der Waals surface area contributed by atoms with Crippen LogP contribution in [0.2, 0.25) is 0 Å². The summed E-state index contributed by atoms with van der Waals surface area (Å²) in [6.07, 6.45) is 7.11. The smallest absolute Gasteiger partial charge is 0.330 e. The van der Waals surface area contributed by atoms with Gasteiger partial charge in [-0.05, 0) is 43.4 Å². The van der Waals surface area contributed by atoms with Crippen molar-refractivity contribution in [2.75, 3.05) is 0 Å². The molecule has 4 nitrogen and oxygen atoms in total. The number of ether oxygens (including phenoxy) is 1. The van der Waals surface area contributed by atoms with E-state index in [2.05, 4.69) is 6.58 Å². The second-order valence-electron chi connectivity index (χ2n) is 7.14. The lowest BCUT2D eigenvalue weighted by Gasteiger charge is -2.65. The van der Waals surface area contributed by atoms with Crippen LogP contribution in [-0.2, 0) is 14.3 Å². The topological polar surface area (TPSA) is 63.6 Å². The molecule has 20 heavy (non-hydrogen) atoms. The average Bonchev–Trinajstić information content (AvgIpc) is 2.87. The van der Waals surface area contributed by atoms with Crippen molar-refractivity contribution in [2.45, 2.75) is 44.1 Å². The van der Waals surface area contributed by atoms with Gasteiger partial charge in [0.15, 0.2) is 0 Å². The highest BCUT2D eigenvalue weighted by Crippen LogP contribution is 2.79. The highest BCUT2D eigenvalue weighted by Gasteiger charge is 2.80. The SMILES string of the molecule is C=CC(=O)OC12CC(CC1C(=O)O)C1C3CCCC12C3. The molecule has 0 spiro atoms. The number of hydrogen-bond donors (Lipinski definition) is 1. The quantitative estimate of drug-likeness (QED) is 0.635. The number of carboxylic acids is 1. The molecule has 1 N–H and O–H groups in total. The van der Waals surface area contributed by atoms with Gasteiger partial charge in [-0.15, -0.1) is 0 Å². The standard InChI is InChI=1S/C16H20O4/c1-2-12(17)20-16-8-10(6-11(16)14(18)19)13-9-4-3-5-15(13,16)7-9/h2,9-11,13H,1,3-8H2,(H,18,19). The molecule has 4 saturated carbocycles. The van der Waals surface area contributed by atoms with E-state index in [0.717, 1.165) is 31.6 Å². The Morgan fingerprint density at radius 3 is 2.75 bits per heavy atom. The molecule has 0 heterocycles. The third-order valence-electron chi connectivity index (χ3n) is 6.74. The van der Waals surface area contributed by atoms with Crippen LogP contribution in [0.25, 0.3) is 0 Å². The van der Waals surface area contributed by atoms with Crippen molar-refractivity contribution in [3.8, 4) is 0 Å². The Hall–Kier alpha value is -1.32. The molecule has 0 radical (unpaired) electrons. The van der Waals surface area contributed by atoms with E-state index >= 15 is 0 Å². The molecule has 0 aromatic carbocycles. The third kappa shape index (κ3) is 1.15. The van der Waals surface area contributed by atoms with Crippen LogP contribution in [0.3, 0.4) is 0 Å². The first kappa shape index (κ1) is 12.4. The minimum Gasteiger partial charge on any atom is -0.481 e. The number of carbonyl (C=O) groups excluding carboxylic acids is 1. The minimum absolute atomic E-state index is 0.0411. The number of fused-ring (bicyclic) bond motifs is 2. The normalized spacial score (nSPS) is 51.0. The Morgan fingerprint density at radius 1 is 1.30 bits per heavy atom. The number of aliphatic carboxylic acids is 1. The van der Waals surface area contributed by atoms with Crippen molar-refractivity contribution in [2.24, 2.45) is 29.1 Å². The second-order valence-corrected chi connectivity index (χ2v) is 7.14. The van der Waals surface area contributed by atoms with E-state index in [-0.39, 0.29) is 5.41 Å². The summed E-state index contributed by atoms with van der Waals surface area (Å²) in [5, 5.41) is 9.59. The molecular formula is C16H20O4. The zero-order chi connectivity index (χ0) is 14.1. The lowest BCUT2D eigenvalue weighted by atomic mass is 9.40. The molecule has 4 rings (SSSR count). The maximum absolute atomic E-state index is 11.8. The van der Waals surface area contributed by atoms with E-state index in [4.69, 9.17) is 4.74 Å². The van der Waals surface area contributed by atoms with E-state index in [1.54, 1.807) is 0 Å². The van der Waals surface area contributed by atoms with Crippen LogP contribution in [0.5, 0.6) is 0 Å². The van der Waals surface area contributed by atoms with Crippen LogP contribution in [0.1, 0.15) is 38.5 Å². The fourth-order valence-electron chi connectivity index (χ4n) is 6.42. The van der Waals surface area contributed by atoms with Gasteiger partial charge in [-0.1, -0.05) is 19.4 Å². The van der Waals surface area contributed by atoms with Crippen LogP contribution < -0.4 is 0 Å². The molecule has 108 valence electrons. The summed E-state index contributed by atoms with van der Waals surface area (Å²) in [7, 11) is 0. The Morgan fingerprint density at radius 2 is 2.10 bits per heavy atom. The fourth-order valence-corrected chi connectivity index (χ4v) is 6.42. The Bertz CT molecular complexity index is 509. The van der Waals surface area contributed by atoms with Gasteiger partial charge in [-0.3, -0.25) is 4.79 Å². The van der Waals surface area contributed by atoms with Gasteiger partial charge >= 0.3 is 11.9 Å². The first-order valence-corrected chi connectivity index (χ1v) is 7.62. The molecule has 0 aliphatic heterocycles. The van der Waals surface area contributed by atoms with Crippen molar-refractivity contribution in [1.82, 2.24) is 0 Å². The molecule has 6 unspecified atom stereocenters. The van der Waals surface area contributed by atoms with E-state index in [1.807, 2.05) is 0 Å². The first-order chi connectivity index (χ1) is 9.54. The van der Waals surface area contributed by atoms with Gasteiger partial charge in [-0.25, -0.2) is 4.79 Å². The van der Waals surface area contributed by atoms with Gasteiger partial charge in [0.2, 0.25) is 0 Å². The van der Waals surface area contributed by atoms with Crippen molar-refractivity contribution in [3.63, 3.8) is 0 Å². The lowest BCUT2D eigenvalue weighted by Crippen LogP contribution is -2.66. The zero-order valence-electron chi connectivity index (χ0n) is 11.5. The van der Waals surface area contributed by atoms with Gasteiger partial charge in [0, 0.05) is 11.5 Å². The maximum Gasteiger partial charge on any atom is 0.330 e. The molecule has 4 aliphatic carbocycles. The first-order valence-electron chi connectivity index (χ1n) is 7.62. The van der Waals surface area contributed by atoms with E-state index in [0.29, 0.717) is 18.3 Å². The third-order valence-corrected chi connectivity index (χ3v) is 6.74. The summed E-state index contributed by atoms with van der Waals surface area (Å²) in [6.45, 7) is 3.47. The Kier molecular flexibility index (Phi) is 2.27. The molecule has 6 atom stereocenters. The van der Waals surface area contributed by atoms with Crippen LogP contribution >= 0.6 is 0 Å². The van der Waals surface area contributed by atoms with Gasteiger partial charge in [0.1, 0.15) is 5.60 Å². The molecule has 0 aromatic rings. The minimum atomic E-state index is -0.800. The summed E-state index contributed by atoms with van der Waals surface area (Å²) in [4.78, 5) is 23.5. The largest absolute Gasteiger partial charge is 0.481 e. The van der Waals surface area contributed by atoms with Crippen LogP contribution in [0.15, 0.2) is 12.7 Å². The number of esters is 1. The fraction of sp³-hybridized carbons (Fsp3) is 0.750. The van der Waals surface area contributed by atoms with Gasteiger partial charge in [0.25, 0.3) is 0 Å². The Labute approximate surface area is 118 Å². The summed E-state index contributed by atoms with van der Waals surface area (Å²) < 4.78 is 5.79. The molecule has 4 heteroatoms. The van der Waals surface area contributed by atoms with Gasteiger partial charge in [-0.2, -0.15) is 0 Å². The highest BCUT2D eigenvalue weighted by molar-refractivity contribution is 5.83. The van der Waals surface area contributed by atoms with Crippen molar-refractivity contribution < 1.29 is 19.4 Å². The number of rotatable bonds is 3. The average molecular weight is 276 g/mol. The van der Waals surface area contributed by atoms with Crippen molar-refractivity contribution in [3.05, 3.63) is 12.7 Å². The van der Waals surface area contributed by atoms with Gasteiger partial charge < -0.3 is 9.84 Å². The van der Waals surface area contributed by atoms with E-state index in [9.17, 15) is 14.7 Å². The summed E-state index contributed by atoms with van der Waals surface area (Å²) in [5.74, 6) is 0.00360. The molecular weight excluding hydrogens is 256 g/mol. The van der Waals surface area contributed by atoms with Crippen molar-refractivity contribution >= 4 is 11.9 Å². The predicted octanol–water partition coefficient (Wildman–Crippen LogP) is 2.39. The summed E-state index contributed by atoms with van der Waals surface area (Å²) in [5.41, 5.74) is -0.795. The maximum atomic E-state index is 11.8. The van der Waals surface area contributed by atoms with Crippen LogP contribution in [0, 0.1) is 29.1 Å².